The third kappa shape index (κ3) is 3.11. The van der Waals surface area contributed by atoms with Gasteiger partial charge in [0.1, 0.15) is 0 Å². The standard InChI is InChI=1S/C16H19NO/c1-13-7-3-2-6-10-17-16-9-5-4-8-14(16)11-15(13)12-18/h2-10,15,17-18H,11-12H2,1H3/b3-2-,10-6+,13-7+. The summed E-state index contributed by atoms with van der Waals surface area (Å²) < 4.78 is 0. The monoisotopic (exact) mass is 241 g/mol. The Hall–Kier alpha value is -1.80. The molecule has 94 valence electrons. The van der Waals surface area contributed by atoms with Crippen LogP contribution in [0.3, 0.4) is 0 Å². The van der Waals surface area contributed by atoms with Gasteiger partial charge in [-0.1, -0.05) is 42.0 Å². The van der Waals surface area contributed by atoms with Gasteiger partial charge >= 0.3 is 0 Å². The van der Waals surface area contributed by atoms with E-state index in [1.807, 2.05) is 36.6 Å². The molecule has 2 nitrogen and oxygen atoms in total. The van der Waals surface area contributed by atoms with Crippen LogP contribution in [0.2, 0.25) is 0 Å². The number of hydrogen-bond acceptors (Lipinski definition) is 2. The number of aliphatic hydroxyl groups is 1. The largest absolute Gasteiger partial charge is 0.396 e. The number of para-hydroxylation sites is 1. The van der Waals surface area contributed by atoms with Gasteiger partial charge in [0.25, 0.3) is 0 Å². The molecule has 2 heteroatoms. The molecule has 0 aliphatic carbocycles. The van der Waals surface area contributed by atoms with Crippen LogP contribution in [0, 0.1) is 5.92 Å². The van der Waals surface area contributed by atoms with Crippen LogP contribution < -0.4 is 5.32 Å². The Labute approximate surface area is 108 Å². The van der Waals surface area contributed by atoms with E-state index in [0.29, 0.717) is 0 Å². The lowest BCUT2D eigenvalue weighted by atomic mass is 9.92. The second-order valence-electron chi connectivity index (χ2n) is 4.54. The van der Waals surface area contributed by atoms with Crippen molar-refractivity contribution in [1.82, 2.24) is 0 Å². The van der Waals surface area contributed by atoms with Crippen LogP contribution in [-0.2, 0) is 6.42 Å². The molecular weight excluding hydrogens is 222 g/mol. The number of nitrogens with one attached hydrogen (secondary N) is 1. The molecule has 0 aromatic heterocycles. The van der Waals surface area contributed by atoms with Crippen molar-refractivity contribution in [3.8, 4) is 0 Å². The van der Waals surface area contributed by atoms with Gasteiger partial charge in [0, 0.05) is 24.4 Å². The summed E-state index contributed by atoms with van der Waals surface area (Å²) in [7, 11) is 0. The summed E-state index contributed by atoms with van der Waals surface area (Å²) in [6.07, 6.45) is 10.8. The van der Waals surface area contributed by atoms with Crippen molar-refractivity contribution < 1.29 is 5.11 Å². The third-order valence-corrected chi connectivity index (χ3v) is 3.26. The molecule has 0 amide bonds. The van der Waals surface area contributed by atoms with Crippen molar-refractivity contribution in [3.63, 3.8) is 0 Å². The highest BCUT2D eigenvalue weighted by Gasteiger charge is 2.12. The van der Waals surface area contributed by atoms with Gasteiger partial charge in [-0.2, -0.15) is 0 Å². The van der Waals surface area contributed by atoms with Gasteiger partial charge in [-0.15, -0.1) is 0 Å². The predicted molar refractivity (Wildman–Crippen MR) is 76.4 cm³/mol. The van der Waals surface area contributed by atoms with E-state index in [1.54, 1.807) is 0 Å². The molecule has 2 rings (SSSR count). The first-order chi connectivity index (χ1) is 8.81. The fourth-order valence-corrected chi connectivity index (χ4v) is 2.08. The molecule has 0 spiro atoms. The lowest BCUT2D eigenvalue weighted by Gasteiger charge is -2.17. The highest BCUT2D eigenvalue weighted by Crippen LogP contribution is 2.23. The van der Waals surface area contributed by atoms with Crippen molar-refractivity contribution in [2.75, 3.05) is 11.9 Å². The molecule has 2 N–H and O–H groups in total. The number of benzene rings is 1. The Morgan fingerprint density at radius 3 is 2.89 bits per heavy atom. The topological polar surface area (TPSA) is 32.3 Å². The van der Waals surface area contributed by atoms with E-state index in [2.05, 4.69) is 30.4 Å². The third-order valence-electron chi connectivity index (χ3n) is 3.26. The Morgan fingerprint density at radius 2 is 2.06 bits per heavy atom. The smallest absolute Gasteiger partial charge is 0.0499 e. The van der Waals surface area contributed by atoms with E-state index in [9.17, 15) is 5.11 Å². The average molecular weight is 241 g/mol. The molecule has 0 bridgehead atoms. The van der Waals surface area contributed by atoms with Gasteiger partial charge in [-0.3, -0.25) is 0 Å². The summed E-state index contributed by atoms with van der Waals surface area (Å²) in [6, 6.07) is 8.23. The summed E-state index contributed by atoms with van der Waals surface area (Å²) in [4.78, 5) is 0. The van der Waals surface area contributed by atoms with E-state index in [1.165, 1.54) is 11.1 Å². The number of hydrogen-bond donors (Lipinski definition) is 2. The second kappa shape index (κ2) is 6.22. The molecule has 1 atom stereocenters. The number of rotatable bonds is 1. The Kier molecular flexibility index (Phi) is 4.37. The quantitative estimate of drug-likeness (QED) is 0.791. The van der Waals surface area contributed by atoms with Gasteiger partial charge < -0.3 is 10.4 Å². The summed E-state index contributed by atoms with van der Waals surface area (Å²) >= 11 is 0. The Morgan fingerprint density at radius 1 is 1.22 bits per heavy atom. The Bertz CT molecular complexity index is 486. The maximum Gasteiger partial charge on any atom is 0.0499 e. The minimum absolute atomic E-state index is 0.177. The number of allylic oxidation sites excluding steroid dienone is 4. The molecule has 1 aliphatic heterocycles. The van der Waals surface area contributed by atoms with Crippen LogP contribution in [0.4, 0.5) is 5.69 Å². The van der Waals surface area contributed by atoms with Crippen molar-refractivity contribution in [2.45, 2.75) is 13.3 Å². The summed E-state index contributed by atoms with van der Waals surface area (Å²) in [5.74, 6) is 0.177. The molecule has 18 heavy (non-hydrogen) atoms. The molecular formula is C16H19NO. The molecule has 1 aliphatic rings. The highest BCUT2D eigenvalue weighted by molar-refractivity contribution is 5.53. The van der Waals surface area contributed by atoms with Crippen LogP contribution in [0.5, 0.6) is 0 Å². The SMILES string of the molecule is C\C1=C/C=C\C=C\Nc2ccccc2CC1CO. The molecule has 1 heterocycles. The first-order valence-electron chi connectivity index (χ1n) is 6.26. The first kappa shape index (κ1) is 12.7. The van der Waals surface area contributed by atoms with Gasteiger partial charge in [-0.05, 0) is 31.1 Å². The number of fused-ring (bicyclic) bond motifs is 1. The van der Waals surface area contributed by atoms with E-state index < -0.39 is 0 Å². The summed E-state index contributed by atoms with van der Waals surface area (Å²) in [6.45, 7) is 2.25. The zero-order chi connectivity index (χ0) is 12.8. The van der Waals surface area contributed by atoms with Crippen LogP contribution in [-0.4, -0.2) is 11.7 Å². The molecule has 1 aromatic carbocycles. The fraction of sp³-hybridized carbons (Fsp3) is 0.250. The van der Waals surface area contributed by atoms with Gasteiger partial charge in [0.05, 0.1) is 0 Å². The van der Waals surface area contributed by atoms with Gasteiger partial charge in [-0.25, -0.2) is 0 Å². The summed E-state index contributed by atoms with van der Waals surface area (Å²) in [5.41, 5.74) is 3.55. The van der Waals surface area contributed by atoms with Gasteiger partial charge in [0.15, 0.2) is 0 Å². The molecule has 0 fully saturated rings. The highest BCUT2D eigenvalue weighted by atomic mass is 16.3. The van der Waals surface area contributed by atoms with Crippen molar-refractivity contribution >= 4 is 5.69 Å². The van der Waals surface area contributed by atoms with Crippen molar-refractivity contribution in [3.05, 3.63) is 65.9 Å². The lowest BCUT2D eigenvalue weighted by molar-refractivity contribution is 0.246. The zero-order valence-electron chi connectivity index (χ0n) is 10.6. The fourth-order valence-electron chi connectivity index (χ4n) is 2.08. The van der Waals surface area contributed by atoms with Crippen LogP contribution >= 0.6 is 0 Å². The average Bonchev–Trinajstić information content (AvgIpc) is 2.43. The van der Waals surface area contributed by atoms with Crippen LogP contribution in [0.1, 0.15) is 12.5 Å². The molecule has 0 saturated heterocycles. The van der Waals surface area contributed by atoms with E-state index in [4.69, 9.17) is 0 Å². The lowest BCUT2D eigenvalue weighted by Crippen LogP contribution is -2.12. The Balaban J connectivity index is 2.36. The molecule has 0 saturated carbocycles. The minimum atomic E-state index is 0.177. The second-order valence-corrected chi connectivity index (χ2v) is 4.54. The van der Waals surface area contributed by atoms with Crippen molar-refractivity contribution in [1.29, 1.82) is 0 Å². The molecule has 1 unspecified atom stereocenters. The maximum absolute atomic E-state index is 9.54. The normalized spacial score (nSPS) is 25.9. The summed E-state index contributed by atoms with van der Waals surface area (Å²) in [5, 5.41) is 12.8. The first-order valence-corrected chi connectivity index (χ1v) is 6.26. The van der Waals surface area contributed by atoms with E-state index in [-0.39, 0.29) is 12.5 Å². The predicted octanol–water partition coefficient (Wildman–Crippen LogP) is 3.28. The van der Waals surface area contributed by atoms with Crippen molar-refractivity contribution in [2.24, 2.45) is 5.92 Å². The minimum Gasteiger partial charge on any atom is -0.396 e. The number of aliphatic hydroxyl groups excluding tert-OH is 1. The van der Waals surface area contributed by atoms with Crippen LogP contribution in [0.25, 0.3) is 0 Å². The van der Waals surface area contributed by atoms with E-state index in [0.717, 1.165) is 12.1 Å². The number of anilines is 1. The zero-order valence-corrected chi connectivity index (χ0v) is 10.6. The van der Waals surface area contributed by atoms with E-state index >= 15 is 0 Å². The molecule has 1 aromatic rings. The van der Waals surface area contributed by atoms with Gasteiger partial charge in [0.2, 0.25) is 0 Å². The van der Waals surface area contributed by atoms with Crippen LogP contribution in [0.15, 0.2) is 60.3 Å². The molecule has 0 radical (unpaired) electrons. The maximum atomic E-state index is 9.54.